The van der Waals surface area contributed by atoms with Crippen molar-refractivity contribution in [2.45, 2.75) is 52.9 Å². The number of benzene rings is 2. The van der Waals surface area contributed by atoms with Crippen LogP contribution in [0.1, 0.15) is 73.7 Å². The first-order chi connectivity index (χ1) is 15.5. The van der Waals surface area contributed by atoms with Crippen LogP contribution in [0.3, 0.4) is 0 Å². The van der Waals surface area contributed by atoms with Crippen molar-refractivity contribution in [3.05, 3.63) is 89.0 Å². The third-order valence-corrected chi connectivity index (χ3v) is 6.01. The molecule has 2 aromatic rings. The van der Waals surface area contributed by atoms with Gasteiger partial charge in [0, 0.05) is 16.8 Å². The molecule has 0 saturated carbocycles. The van der Waals surface area contributed by atoms with Gasteiger partial charge in [-0.25, -0.2) is 5.43 Å². The van der Waals surface area contributed by atoms with E-state index < -0.39 is 0 Å². The normalized spacial score (nSPS) is 17.3. The molecule has 5 heteroatoms. The Morgan fingerprint density at radius 3 is 2.12 bits per heavy atom. The van der Waals surface area contributed by atoms with E-state index in [1.54, 1.807) is 24.3 Å². The van der Waals surface area contributed by atoms with E-state index in [0.29, 0.717) is 22.7 Å². The number of rotatable bonds is 5. The molecule has 3 rings (SSSR count). The Kier molecular flexibility index (Phi) is 7.32. The van der Waals surface area contributed by atoms with Gasteiger partial charge in [-0.2, -0.15) is 5.10 Å². The van der Waals surface area contributed by atoms with Gasteiger partial charge in [0.1, 0.15) is 0 Å². The minimum absolute atomic E-state index is 0.0362. The molecule has 2 N–H and O–H groups in total. The van der Waals surface area contributed by atoms with Gasteiger partial charge in [-0.1, -0.05) is 51.1 Å². The second-order valence-corrected chi connectivity index (χ2v) is 9.73. The highest BCUT2D eigenvalue weighted by atomic mass is 16.2. The lowest BCUT2D eigenvalue weighted by Crippen LogP contribution is -2.23. The van der Waals surface area contributed by atoms with Crippen LogP contribution in [0.4, 0.5) is 5.69 Å². The molecule has 1 atom stereocenters. The van der Waals surface area contributed by atoms with Gasteiger partial charge < -0.3 is 5.32 Å². The predicted octanol–water partition coefficient (Wildman–Crippen LogP) is 6.25. The Morgan fingerprint density at radius 1 is 0.970 bits per heavy atom. The molecule has 1 aliphatic rings. The maximum atomic E-state index is 12.6. The SMILES string of the molecule is C=C(C)C1CC=C(C)C(=NNC(=O)c2ccc(NC(=O)c3ccc(C(C)(C)C)cc3)cc2)C1. The number of allylic oxidation sites excluding steroid dienone is 3. The molecule has 0 heterocycles. The van der Waals surface area contributed by atoms with Crippen LogP contribution < -0.4 is 10.7 Å². The number of nitrogens with zero attached hydrogens (tertiary/aromatic N) is 1. The van der Waals surface area contributed by atoms with Gasteiger partial charge in [0.25, 0.3) is 11.8 Å². The average Bonchev–Trinajstić information content (AvgIpc) is 2.78. The van der Waals surface area contributed by atoms with Crippen LogP contribution in [0, 0.1) is 5.92 Å². The number of hydrazone groups is 1. The molecule has 1 unspecified atom stereocenters. The summed E-state index contributed by atoms with van der Waals surface area (Å²) in [6.07, 6.45) is 3.88. The Bertz CT molecular complexity index is 1100. The van der Waals surface area contributed by atoms with E-state index in [1.807, 2.05) is 38.1 Å². The van der Waals surface area contributed by atoms with Crippen molar-refractivity contribution in [2.75, 3.05) is 5.32 Å². The first-order valence-corrected chi connectivity index (χ1v) is 11.3. The summed E-state index contributed by atoms with van der Waals surface area (Å²) in [4.78, 5) is 25.1. The molecule has 172 valence electrons. The molecule has 0 bridgehead atoms. The lowest BCUT2D eigenvalue weighted by molar-refractivity contribution is 0.0954. The predicted molar refractivity (Wildman–Crippen MR) is 136 cm³/mol. The lowest BCUT2D eigenvalue weighted by Gasteiger charge is -2.22. The first-order valence-electron chi connectivity index (χ1n) is 11.3. The van der Waals surface area contributed by atoms with E-state index >= 15 is 0 Å². The number of anilines is 1. The van der Waals surface area contributed by atoms with Crippen molar-refractivity contribution < 1.29 is 9.59 Å². The van der Waals surface area contributed by atoms with Crippen molar-refractivity contribution in [1.29, 1.82) is 0 Å². The van der Waals surface area contributed by atoms with Gasteiger partial charge in [-0.15, -0.1) is 0 Å². The third-order valence-electron chi connectivity index (χ3n) is 6.01. The fourth-order valence-electron chi connectivity index (χ4n) is 3.64. The molecular formula is C28H33N3O2. The smallest absolute Gasteiger partial charge is 0.271 e. The Balaban J connectivity index is 1.61. The highest BCUT2D eigenvalue weighted by molar-refractivity contribution is 6.05. The summed E-state index contributed by atoms with van der Waals surface area (Å²) in [7, 11) is 0. The van der Waals surface area contributed by atoms with E-state index in [-0.39, 0.29) is 17.2 Å². The minimum atomic E-state index is -0.289. The van der Waals surface area contributed by atoms with Crippen molar-refractivity contribution in [3.8, 4) is 0 Å². The van der Waals surface area contributed by atoms with E-state index in [2.05, 4.69) is 49.3 Å². The highest BCUT2D eigenvalue weighted by Gasteiger charge is 2.19. The number of nitrogens with one attached hydrogen (secondary N) is 2. The molecule has 0 aliphatic heterocycles. The quantitative estimate of drug-likeness (QED) is 0.423. The maximum absolute atomic E-state index is 12.6. The number of carbonyl (C=O) groups is 2. The molecule has 0 saturated heterocycles. The lowest BCUT2D eigenvalue weighted by atomic mass is 9.85. The van der Waals surface area contributed by atoms with E-state index in [4.69, 9.17) is 0 Å². The number of hydrogen-bond donors (Lipinski definition) is 2. The van der Waals surface area contributed by atoms with Crippen LogP contribution in [-0.2, 0) is 5.41 Å². The average molecular weight is 444 g/mol. The molecule has 0 fully saturated rings. The molecule has 33 heavy (non-hydrogen) atoms. The Morgan fingerprint density at radius 2 is 1.55 bits per heavy atom. The van der Waals surface area contributed by atoms with E-state index in [1.165, 1.54) is 5.56 Å². The number of hydrogen-bond acceptors (Lipinski definition) is 3. The van der Waals surface area contributed by atoms with Crippen LogP contribution in [0.5, 0.6) is 0 Å². The largest absolute Gasteiger partial charge is 0.322 e. The molecule has 0 aromatic heterocycles. The summed E-state index contributed by atoms with van der Waals surface area (Å²) in [5.74, 6) is -0.119. The molecular weight excluding hydrogens is 410 g/mol. The third kappa shape index (κ3) is 6.28. The summed E-state index contributed by atoms with van der Waals surface area (Å²) < 4.78 is 0. The molecule has 0 spiro atoms. The maximum Gasteiger partial charge on any atom is 0.271 e. The van der Waals surface area contributed by atoms with Gasteiger partial charge in [-0.3, -0.25) is 9.59 Å². The number of amides is 2. The van der Waals surface area contributed by atoms with Crippen molar-refractivity contribution in [2.24, 2.45) is 11.0 Å². The van der Waals surface area contributed by atoms with Crippen LogP contribution in [0.2, 0.25) is 0 Å². The van der Waals surface area contributed by atoms with E-state index in [9.17, 15) is 9.59 Å². The van der Waals surface area contributed by atoms with Crippen molar-refractivity contribution in [3.63, 3.8) is 0 Å². The van der Waals surface area contributed by atoms with Gasteiger partial charge >= 0.3 is 0 Å². The van der Waals surface area contributed by atoms with Crippen LogP contribution >= 0.6 is 0 Å². The second kappa shape index (κ2) is 9.99. The van der Waals surface area contributed by atoms with Crippen molar-refractivity contribution >= 4 is 23.2 Å². The van der Waals surface area contributed by atoms with Crippen LogP contribution in [0.15, 0.2) is 77.4 Å². The highest BCUT2D eigenvalue weighted by Crippen LogP contribution is 2.26. The fourth-order valence-corrected chi connectivity index (χ4v) is 3.64. The van der Waals surface area contributed by atoms with Crippen LogP contribution in [0.25, 0.3) is 0 Å². The molecule has 1 aliphatic carbocycles. The van der Waals surface area contributed by atoms with Gasteiger partial charge in [0.05, 0.1) is 5.71 Å². The molecule has 2 aromatic carbocycles. The minimum Gasteiger partial charge on any atom is -0.322 e. The van der Waals surface area contributed by atoms with Gasteiger partial charge in [0.2, 0.25) is 0 Å². The van der Waals surface area contributed by atoms with Crippen molar-refractivity contribution in [1.82, 2.24) is 5.43 Å². The second-order valence-electron chi connectivity index (χ2n) is 9.73. The van der Waals surface area contributed by atoms with E-state index in [0.717, 1.165) is 29.7 Å². The zero-order valence-electron chi connectivity index (χ0n) is 20.2. The summed E-state index contributed by atoms with van der Waals surface area (Å²) in [6.45, 7) is 14.5. The standard InChI is InChI=1S/C28H33N3O2/c1-18(2)22-8-7-19(3)25(17-22)30-31-27(33)21-11-15-24(16-12-21)29-26(32)20-9-13-23(14-10-20)28(4,5)6/h7,9-16,22H,1,8,17H2,2-6H3,(H,29,32)(H,31,33). The summed E-state index contributed by atoms with van der Waals surface area (Å²) in [5, 5.41) is 7.22. The zero-order valence-corrected chi connectivity index (χ0v) is 20.2. The molecule has 0 radical (unpaired) electrons. The topological polar surface area (TPSA) is 70.6 Å². The number of carbonyl (C=O) groups excluding carboxylic acids is 2. The zero-order chi connectivity index (χ0) is 24.2. The summed E-state index contributed by atoms with van der Waals surface area (Å²) >= 11 is 0. The summed E-state index contributed by atoms with van der Waals surface area (Å²) in [6, 6.07) is 14.4. The monoisotopic (exact) mass is 443 g/mol. The Hall–Kier alpha value is -3.47. The van der Waals surface area contributed by atoms with Gasteiger partial charge in [0.15, 0.2) is 0 Å². The first kappa shape index (κ1) is 24.2. The summed E-state index contributed by atoms with van der Waals surface area (Å²) in [5.41, 5.74) is 8.64. The van der Waals surface area contributed by atoms with Crippen LogP contribution in [-0.4, -0.2) is 17.5 Å². The van der Waals surface area contributed by atoms with Gasteiger partial charge in [-0.05, 0) is 85.6 Å². The molecule has 5 nitrogen and oxygen atoms in total. The molecule has 2 amide bonds. The fraction of sp³-hybridized carbons (Fsp3) is 0.321. The Labute approximate surface area is 196 Å².